The summed E-state index contributed by atoms with van der Waals surface area (Å²) in [6, 6.07) is 0. The van der Waals surface area contributed by atoms with Gasteiger partial charge in [0.05, 0.1) is 7.85 Å². The zero-order chi connectivity index (χ0) is 11.6. The lowest BCUT2D eigenvalue weighted by Crippen LogP contribution is -2.24. The minimum Gasteiger partial charge on any atom is -0.320 e. The topological polar surface area (TPSA) is 20.3 Å². The van der Waals surface area contributed by atoms with Crippen LogP contribution in [0.1, 0.15) is 46.5 Å². The summed E-state index contributed by atoms with van der Waals surface area (Å²) in [5.74, 6) is 0.102. The van der Waals surface area contributed by atoms with E-state index in [0.717, 1.165) is 31.4 Å². The predicted octanol–water partition coefficient (Wildman–Crippen LogP) is 2.66. The normalized spacial score (nSPS) is 27.5. The van der Waals surface area contributed by atoms with E-state index in [1.165, 1.54) is 5.57 Å². The van der Waals surface area contributed by atoms with E-state index in [2.05, 4.69) is 13.8 Å². The first-order chi connectivity index (χ1) is 6.83. The van der Waals surface area contributed by atoms with Gasteiger partial charge in [-0.05, 0) is 26.2 Å². The Hall–Kier alpha value is -0.725. The van der Waals surface area contributed by atoms with Crippen LogP contribution in [0.15, 0.2) is 11.3 Å². The highest BCUT2D eigenvalue weighted by Gasteiger charge is 2.24. The number of hydrogen-bond donors (Lipinski definition) is 0. The van der Waals surface area contributed by atoms with Gasteiger partial charge in [0.15, 0.2) is 0 Å². The number of amides is 1. The Labute approximate surface area is 94.1 Å². The first-order valence-electron chi connectivity index (χ1n) is 5.55. The molecule has 1 atom stereocenters. The molecule has 82 valence electrons. The molecule has 0 aromatic carbocycles. The molecule has 15 heavy (non-hydrogen) atoms. The highest BCUT2D eigenvalue weighted by atomic mass is 16.2. The molecule has 2 nitrogen and oxygen atoms in total. The van der Waals surface area contributed by atoms with Gasteiger partial charge in [-0.15, -0.1) is 0 Å². The van der Waals surface area contributed by atoms with Crippen LogP contribution in [0.2, 0.25) is 5.31 Å². The van der Waals surface area contributed by atoms with Gasteiger partial charge < -0.3 is 4.90 Å². The molecular formula is C12H20BNO. The molecule has 1 amide bonds. The van der Waals surface area contributed by atoms with Gasteiger partial charge in [0.1, 0.15) is 0 Å². The van der Waals surface area contributed by atoms with E-state index in [0.29, 0.717) is 0 Å². The Bertz CT molecular complexity index is 294. The maximum absolute atomic E-state index is 11.3. The fourth-order valence-corrected chi connectivity index (χ4v) is 2.31. The van der Waals surface area contributed by atoms with E-state index in [1.54, 1.807) is 11.8 Å². The summed E-state index contributed by atoms with van der Waals surface area (Å²) in [7, 11) is 8.02. The van der Waals surface area contributed by atoms with Crippen molar-refractivity contribution in [3.63, 3.8) is 0 Å². The summed E-state index contributed by atoms with van der Waals surface area (Å²) in [6.07, 6.45) is 3.95. The molecule has 2 radical (unpaired) electrons. The number of carbonyl (C=O) groups excluding carboxylic acids is 1. The molecule has 0 saturated carbocycles. The van der Waals surface area contributed by atoms with E-state index in [4.69, 9.17) is 7.85 Å². The first-order valence-corrected chi connectivity index (χ1v) is 5.55. The first kappa shape index (κ1) is 12.3. The fourth-order valence-electron chi connectivity index (χ4n) is 2.31. The van der Waals surface area contributed by atoms with E-state index >= 15 is 0 Å². The van der Waals surface area contributed by atoms with Gasteiger partial charge in [-0.3, -0.25) is 4.79 Å². The number of rotatable bonds is 1. The Kier molecular flexibility index (Phi) is 3.64. The summed E-state index contributed by atoms with van der Waals surface area (Å²) in [5.41, 5.74) is 2.42. The molecule has 1 aliphatic rings. The maximum Gasteiger partial charge on any atom is 0.223 e. The molecule has 0 saturated heterocycles. The highest BCUT2D eigenvalue weighted by molar-refractivity contribution is 6.15. The second-order valence-electron chi connectivity index (χ2n) is 4.99. The van der Waals surface area contributed by atoms with Crippen molar-refractivity contribution in [2.75, 3.05) is 7.05 Å². The molecule has 0 N–H and O–H groups in total. The second kappa shape index (κ2) is 4.42. The zero-order valence-electron chi connectivity index (χ0n) is 10.3. The molecular weight excluding hydrogens is 185 g/mol. The van der Waals surface area contributed by atoms with Crippen LogP contribution in [0.5, 0.6) is 0 Å². The van der Waals surface area contributed by atoms with Crippen molar-refractivity contribution in [1.82, 2.24) is 4.90 Å². The van der Waals surface area contributed by atoms with Gasteiger partial charge in [-0.2, -0.15) is 0 Å². The van der Waals surface area contributed by atoms with Crippen molar-refractivity contribution < 1.29 is 4.79 Å². The minimum absolute atomic E-state index is 0.102. The van der Waals surface area contributed by atoms with Crippen molar-refractivity contribution in [2.24, 2.45) is 0 Å². The highest BCUT2D eigenvalue weighted by Crippen LogP contribution is 2.40. The third kappa shape index (κ3) is 3.12. The van der Waals surface area contributed by atoms with Crippen molar-refractivity contribution in [1.29, 1.82) is 0 Å². The minimum atomic E-state index is -0.108. The summed E-state index contributed by atoms with van der Waals surface area (Å²) in [6.45, 7) is 5.78. The van der Waals surface area contributed by atoms with Crippen LogP contribution in [0.25, 0.3) is 0 Å². The Balaban J connectivity index is 2.91. The molecule has 1 rings (SSSR count). The predicted molar refractivity (Wildman–Crippen MR) is 63.7 cm³/mol. The van der Waals surface area contributed by atoms with Gasteiger partial charge in [0.2, 0.25) is 5.91 Å². The van der Waals surface area contributed by atoms with E-state index < -0.39 is 0 Å². The number of carbonyl (C=O) groups is 1. The van der Waals surface area contributed by atoms with Crippen LogP contribution < -0.4 is 0 Å². The molecule has 0 spiro atoms. The number of nitrogens with zero attached hydrogens (tertiary/aromatic N) is 1. The maximum atomic E-state index is 11.3. The van der Waals surface area contributed by atoms with E-state index in [-0.39, 0.29) is 11.2 Å². The van der Waals surface area contributed by atoms with Crippen molar-refractivity contribution in [3.05, 3.63) is 11.3 Å². The van der Waals surface area contributed by atoms with Crippen LogP contribution in [0.4, 0.5) is 0 Å². The molecule has 0 heterocycles. The molecule has 0 aromatic heterocycles. The van der Waals surface area contributed by atoms with Gasteiger partial charge in [-0.25, -0.2) is 0 Å². The third-order valence-electron chi connectivity index (χ3n) is 3.20. The van der Waals surface area contributed by atoms with E-state index in [1.807, 2.05) is 7.05 Å². The third-order valence-corrected chi connectivity index (χ3v) is 3.20. The van der Waals surface area contributed by atoms with Crippen LogP contribution >= 0.6 is 0 Å². The van der Waals surface area contributed by atoms with Gasteiger partial charge in [0, 0.05) is 19.7 Å². The summed E-state index contributed by atoms with van der Waals surface area (Å²) < 4.78 is 0. The van der Waals surface area contributed by atoms with E-state index in [9.17, 15) is 4.79 Å². The fraction of sp³-hybridized carbons (Fsp3) is 0.750. The molecule has 0 aliphatic heterocycles. The SMILES string of the molecule is [B]C1(C)CCCC(N(C)C(C)=O)=C(C)C1. The van der Waals surface area contributed by atoms with Crippen molar-refractivity contribution in [2.45, 2.75) is 51.8 Å². The molecule has 0 fully saturated rings. The second-order valence-corrected chi connectivity index (χ2v) is 4.99. The van der Waals surface area contributed by atoms with Gasteiger partial charge in [0.25, 0.3) is 0 Å². The molecule has 3 heteroatoms. The van der Waals surface area contributed by atoms with Crippen molar-refractivity contribution >= 4 is 13.8 Å². The number of hydrogen-bond acceptors (Lipinski definition) is 1. The zero-order valence-corrected chi connectivity index (χ0v) is 10.3. The average molecular weight is 205 g/mol. The molecule has 1 unspecified atom stereocenters. The van der Waals surface area contributed by atoms with Gasteiger partial charge >= 0.3 is 0 Å². The Morgan fingerprint density at radius 2 is 2.13 bits per heavy atom. The van der Waals surface area contributed by atoms with Crippen LogP contribution in [0, 0.1) is 0 Å². The lowest BCUT2D eigenvalue weighted by atomic mass is 9.65. The Morgan fingerprint density at radius 1 is 1.53 bits per heavy atom. The molecule has 1 aliphatic carbocycles. The quantitative estimate of drug-likeness (QED) is 0.602. The van der Waals surface area contributed by atoms with Crippen LogP contribution in [-0.4, -0.2) is 25.7 Å². The lowest BCUT2D eigenvalue weighted by Gasteiger charge is -2.24. The van der Waals surface area contributed by atoms with Gasteiger partial charge in [-0.1, -0.05) is 24.2 Å². The summed E-state index contributed by atoms with van der Waals surface area (Å²) >= 11 is 0. The monoisotopic (exact) mass is 205 g/mol. The smallest absolute Gasteiger partial charge is 0.223 e. The molecule has 0 bridgehead atoms. The van der Waals surface area contributed by atoms with Crippen LogP contribution in [-0.2, 0) is 4.79 Å². The number of allylic oxidation sites excluding steroid dienone is 2. The molecule has 0 aromatic rings. The van der Waals surface area contributed by atoms with Crippen LogP contribution in [0.3, 0.4) is 0 Å². The lowest BCUT2D eigenvalue weighted by molar-refractivity contribution is -0.126. The summed E-state index contributed by atoms with van der Waals surface area (Å²) in [5, 5.41) is -0.108. The summed E-state index contributed by atoms with van der Waals surface area (Å²) in [4.78, 5) is 13.1. The largest absolute Gasteiger partial charge is 0.320 e. The Morgan fingerprint density at radius 3 is 2.67 bits per heavy atom. The van der Waals surface area contributed by atoms with Crippen molar-refractivity contribution in [3.8, 4) is 0 Å². The average Bonchev–Trinajstić information content (AvgIpc) is 2.21. The standard InChI is InChI=1S/C12H20BNO/c1-9-8-12(3,13)7-5-6-11(9)14(4)10(2)15/h5-8H2,1-4H3.